The molecule has 0 amide bonds. The van der Waals surface area contributed by atoms with Crippen LogP contribution in [-0.2, 0) is 11.3 Å². The number of hydrogen-bond acceptors (Lipinski definition) is 2. The Morgan fingerprint density at radius 3 is 3.00 bits per heavy atom. The third-order valence-electron chi connectivity index (χ3n) is 1.79. The summed E-state index contributed by atoms with van der Waals surface area (Å²) < 4.78 is 10.7. The van der Waals surface area contributed by atoms with Crippen LogP contribution < -0.4 is 0 Å². The summed E-state index contributed by atoms with van der Waals surface area (Å²) in [5, 5.41) is 0. The van der Waals surface area contributed by atoms with Crippen LogP contribution in [0.3, 0.4) is 0 Å². The van der Waals surface area contributed by atoms with Crippen LogP contribution in [0.15, 0.2) is 22.8 Å². The van der Waals surface area contributed by atoms with Gasteiger partial charge < -0.3 is 9.15 Å². The van der Waals surface area contributed by atoms with Gasteiger partial charge in [-0.1, -0.05) is 13.3 Å². The first-order chi connectivity index (χ1) is 5.83. The fraction of sp³-hybridized carbons (Fsp3) is 0.600. The molecule has 0 aliphatic rings. The number of hydrogen-bond donors (Lipinski definition) is 0. The first-order valence-corrected chi connectivity index (χ1v) is 4.47. The van der Waals surface area contributed by atoms with Crippen molar-refractivity contribution in [3.8, 4) is 0 Å². The molecule has 12 heavy (non-hydrogen) atoms. The average Bonchev–Trinajstić information content (AvgIpc) is 2.53. The highest BCUT2D eigenvalue weighted by molar-refractivity contribution is 4.96. The highest BCUT2D eigenvalue weighted by Crippen LogP contribution is 2.07. The minimum Gasteiger partial charge on any atom is -0.467 e. The van der Waals surface area contributed by atoms with Crippen molar-refractivity contribution < 1.29 is 9.15 Å². The zero-order chi connectivity index (χ0) is 8.81. The molecule has 0 bridgehead atoms. The molecule has 0 saturated carbocycles. The molecule has 0 aliphatic carbocycles. The molecule has 0 spiro atoms. The maximum absolute atomic E-state index is 5.53. The second-order valence-electron chi connectivity index (χ2n) is 2.99. The molecule has 2 nitrogen and oxygen atoms in total. The number of rotatable bonds is 5. The van der Waals surface area contributed by atoms with Crippen molar-refractivity contribution in [1.29, 1.82) is 0 Å². The Kier molecular flexibility index (Phi) is 3.88. The summed E-state index contributed by atoms with van der Waals surface area (Å²) in [5.74, 6) is 0.901. The summed E-state index contributed by atoms with van der Waals surface area (Å²) in [5.41, 5.74) is 0. The smallest absolute Gasteiger partial charge is 0.129 e. The molecule has 1 rings (SSSR count). The summed E-state index contributed by atoms with van der Waals surface area (Å²) in [4.78, 5) is 0. The summed E-state index contributed by atoms with van der Waals surface area (Å²) in [6, 6.07) is 3.81. The normalized spacial score (nSPS) is 13.2. The number of furan rings is 1. The van der Waals surface area contributed by atoms with Crippen molar-refractivity contribution in [1.82, 2.24) is 0 Å². The molecule has 1 atom stereocenters. The van der Waals surface area contributed by atoms with Crippen LogP contribution in [-0.4, -0.2) is 6.10 Å². The Morgan fingerprint density at radius 2 is 2.42 bits per heavy atom. The Morgan fingerprint density at radius 1 is 1.58 bits per heavy atom. The van der Waals surface area contributed by atoms with Crippen LogP contribution in [0, 0.1) is 0 Å². The SMILES string of the molecule is CCCC(C)OCc1ccco1. The highest BCUT2D eigenvalue weighted by Gasteiger charge is 2.01. The number of ether oxygens (including phenoxy) is 1. The second kappa shape index (κ2) is 4.99. The van der Waals surface area contributed by atoms with Gasteiger partial charge in [0.2, 0.25) is 0 Å². The minimum atomic E-state index is 0.333. The Bertz CT molecular complexity index is 192. The molecular formula is C10H16O2. The van der Waals surface area contributed by atoms with Gasteiger partial charge in [0.05, 0.1) is 12.4 Å². The second-order valence-corrected chi connectivity index (χ2v) is 2.99. The third kappa shape index (κ3) is 3.09. The minimum absolute atomic E-state index is 0.333. The van der Waals surface area contributed by atoms with Gasteiger partial charge in [0.1, 0.15) is 12.4 Å². The van der Waals surface area contributed by atoms with Gasteiger partial charge in [-0.15, -0.1) is 0 Å². The van der Waals surface area contributed by atoms with Gasteiger partial charge in [-0.05, 0) is 25.5 Å². The molecule has 0 fully saturated rings. The van der Waals surface area contributed by atoms with E-state index in [2.05, 4.69) is 13.8 Å². The van der Waals surface area contributed by atoms with E-state index in [1.807, 2.05) is 12.1 Å². The van der Waals surface area contributed by atoms with Crippen LogP contribution in [0.5, 0.6) is 0 Å². The quantitative estimate of drug-likeness (QED) is 0.674. The highest BCUT2D eigenvalue weighted by atomic mass is 16.5. The topological polar surface area (TPSA) is 22.4 Å². The van der Waals surface area contributed by atoms with E-state index in [4.69, 9.17) is 9.15 Å². The molecule has 1 heterocycles. The predicted molar refractivity (Wildman–Crippen MR) is 47.9 cm³/mol. The van der Waals surface area contributed by atoms with Gasteiger partial charge in [-0.25, -0.2) is 0 Å². The van der Waals surface area contributed by atoms with Gasteiger partial charge in [-0.3, -0.25) is 0 Å². The molecule has 0 aromatic carbocycles. The summed E-state index contributed by atoms with van der Waals surface area (Å²) in [6.07, 6.45) is 4.28. The van der Waals surface area contributed by atoms with Crippen LogP contribution in [0.4, 0.5) is 0 Å². The monoisotopic (exact) mass is 168 g/mol. The maximum Gasteiger partial charge on any atom is 0.129 e. The van der Waals surface area contributed by atoms with Crippen LogP contribution in [0.2, 0.25) is 0 Å². The van der Waals surface area contributed by atoms with Gasteiger partial charge in [0.25, 0.3) is 0 Å². The lowest BCUT2D eigenvalue weighted by atomic mass is 10.2. The molecule has 1 aromatic heterocycles. The van der Waals surface area contributed by atoms with Crippen molar-refractivity contribution in [3.05, 3.63) is 24.2 Å². The van der Waals surface area contributed by atoms with Crippen LogP contribution >= 0.6 is 0 Å². The average molecular weight is 168 g/mol. The lowest BCUT2D eigenvalue weighted by Gasteiger charge is -2.09. The van der Waals surface area contributed by atoms with Crippen molar-refractivity contribution in [2.45, 2.75) is 39.4 Å². The molecule has 1 unspecified atom stereocenters. The van der Waals surface area contributed by atoms with Gasteiger partial charge >= 0.3 is 0 Å². The van der Waals surface area contributed by atoms with E-state index in [-0.39, 0.29) is 0 Å². The predicted octanol–water partition coefficient (Wildman–Crippen LogP) is 2.98. The van der Waals surface area contributed by atoms with Crippen molar-refractivity contribution in [2.75, 3.05) is 0 Å². The lowest BCUT2D eigenvalue weighted by molar-refractivity contribution is 0.0372. The molecule has 68 valence electrons. The first-order valence-electron chi connectivity index (χ1n) is 4.47. The third-order valence-corrected chi connectivity index (χ3v) is 1.79. The van der Waals surface area contributed by atoms with E-state index >= 15 is 0 Å². The lowest BCUT2D eigenvalue weighted by Crippen LogP contribution is -2.06. The molecule has 0 radical (unpaired) electrons. The Labute approximate surface area is 73.5 Å². The van der Waals surface area contributed by atoms with Gasteiger partial charge in [-0.2, -0.15) is 0 Å². The molecule has 1 aromatic rings. The van der Waals surface area contributed by atoms with E-state index in [0.717, 1.165) is 12.2 Å². The van der Waals surface area contributed by atoms with Gasteiger partial charge in [0, 0.05) is 0 Å². The molecule has 2 heteroatoms. The zero-order valence-corrected chi connectivity index (χ0v) is 7.75. The molecule has 0 N–H and O–H groups in total. The maximum atomic E-state index is 5.53. The molecular weight excluding hydrogens is 152 g/mol. The largest absolute Gasteiger partial charge is 0.467 e. The van der Waals surface area contributed by atoms with E-state index in [1.165, 1.54) is 6.42 Å². The van der Waals surface area contributed by atoms with Crippen molar-refractivity contribution >= 4 is 0 Å². The summed E-state index contributed by atoms with van der Waals surface area (Å²) in [6.45, 7) is 4.84. The standard InChI is InChI=1S/C10H16O2/c1-3-5-9(2)12-8-10-6-4-7-11-10/h4,6-7,9H,3,5,8H2,1-2H3. The van der Waals surface area contributed by atoms with Crippen molar-refractivity contribution in [2.24, 2.45) is 0 Å². The summed E-state index contributed by atoms with van der Waals surface area (Å²) in [7, 11) is 0. The fourth-order valence-corrected chi connectivity index (χ4v) is 1.11. The van der Waals surface area contributed by atoms with E-state index < -0.39 is 0 Å². The van der Waals surface area contributed by atoms with Crippen LogP contribution in [0.25, 0.3) is 0 Å². The fourth-order valence-electron chi connectivity index (χ4n) is 1.11. The van der Waals surface area contributed by atoms with Crippen LogP contribution in [0.1, 0.15) is 32.4 Å². The Balaban J connectivity index is 2.17. The molecule has 0 saturated heterocycles. The molecule has 0 aliphatic heterocycles. The van der Waals surface area contributed by atoms with E-state index in [0.29, 0.717) is 12.7 Å². The zero-order valence-electron chi connectivity index (χ0n) is 7.75. The van der Waals surface area contributed by atoms with E-state index in [1.54, 1.807) is 6.26 Å². The first kappa shape index (κ1) is 9.33. The van der Waals surface area contributed by atoms with Gasteiger partial charge in [0.15, 0.2) is 0 Å². The van der Waals surface area contributed by atoms with Crippen molar-refractivity contribution in [3.63, 3.8) is 0 Å². The Hall–Kier alpha value is -0.760. The van der Waals surface area contributed by atoms with E-state index in [9.17, 15) is 0 Å². The summed E-state index contributed by atoms with van der Waals surface area (Å²) >= 11 is 0.